The van der Waals surface area contributed by atoms with Crippen molar-refractivity contribution in [2.24, 2.45) is 5.10 Å². The number of nitrogens with zero attached hydrogens (tertiary/aromatic N) is 1. The molecule has 6 nitrogen and oxygen atoms in total. The van der Waals surface area contributed by atoms with Crippen LogP contribution in [0, 0.1) is 20.8 Å². The molecule has 0 bridgehead atoms. The fourth-order valence-corrected chi connectivity index (χ4v) is 2.54. The molecule has 0 aliphatic carbocycles. The number of ether oxygens (including phenoxy) is 3. The van der Waals surface area contributed by atoms with Gasteiger partial charge in [0.1, 0.15) is 5.75 Å². The van der Waals surface area contributed by atoms with E-state index in [2.05, 4.69) is 10.5 Å². The Bertz CT molecular complexity index is 831. The van der Waals surface area contributed by atoms with E-state index in [4.69, 9.17) is 14.2 Å². The molecule has 0 aliphatic heterocycles. The number of hydrogen-bond acceptors (Lipinski definition) is 5. The van der Waals surface area contributed by atoms with Crippen LogP contribution < -0.4 is 19.6 Å². The highest BCUT2D eigenvalue weighted by Crippen LogP contribution is 2.27. The molecule has 27 heavy (non-hydrogen) atoms. The van der Waals surface area contributed by atoms with Gasteiger partial charge in [-0.3, -0.25) is 4.79 Å². The normalized spacial score (nSPS) is 10.7. The monoisotopic (exact) mass is 370 g/mol. The quantitative estimate of drug-likeness (QED) is 0.570. The van der Waals surface area contributed by atoms with Crippen molar-refractivity contribution in [3.63, 3.8) is 0 Å². The van der Waals surface area contributed by atoms with Crippen LogP contribution in [0.15, 0.2) is 35.4 Å². The van der Waals surface area contributed by atoms with Crippen LogP contribution in [0.5, 0.6) is 17.2 Å². The summed E-state index contributed by atoms with van der Waals surface area (Å²) < 4.78 is 16.4. The average molecular weight is 370 g/mol. The van der Waals surface area contributed by atoms with Gasteiger partial charge in [0.15, 0.2) is 18.1 Å². The summed E-state index contributed by atoms with van der Waals surface area (Å²) in [7, 11) is 1.58. The lowest BCUT2D eigenvalue weighted by molar-refractivity contribution is -0.123. The molecular weight excluding hydrogens is 344 g/mol. The van der Waals surface area contributed by atoms with Crippen molar-refractivity contribution in [1.29, 1.82) is 0 Å². The summed E-state index contributed by atoms with van der Waals surface area (Å²) in [6, 6.07) is 9.44. The number of aryl methyl sites for hydroxylation is 2. The van der Waals surface area contributed by atoms with Crippen LogP contribution in [0.1, 0.15) is 29.2 Å². The number of amides is 1. The number of hydrazone groups is 1. The molecule has 1 amide bonds. The number of methoxy groups -OCH3 is 1. The van der Waals surface area contributed by atoms with Crippen molar-refractivity contribution in [2.45, 2.75) is 27.7 Å². The summed E-state index contributed by atoms with van der Waals surface area (Å²) in [6.45, 7) is 8.31. The van der Waals surface area contributed by atoms with E-state index in [0.717, 1.165) is 28.0 Å². The molecule has 0 heterocycles. The number of carbonyl (C=O) groups is 1. The second-order valence-electron chi connectivity index (χ2n) is 6.08. The zero-order valence-electron chi connectivity index (χ0n) is 16.5. The zero-order chi connectivity index (χ0) is 19.8. The van der Waals surface area contributed by atoms with Crippen LogP contribution in [0.3, 0.4) is 0 Å². The van der Waals surface area contributed by atoms with Crippen molar-refractivity contribution in [2.75, 3.05) is 20.3 Å². The summed E-state index contributed by atoms with van der Waals surface area (Å²) in [6.07, 6.45) is 1.54. The highest BCUT2D eigenvalue weighted by molar-refractivity contribution is 5.83. The minimum atomic E-state index is -0.329. The van der Waals surface area contributed by atoms with Crippen molar-refractivity contribution >= 4 is 12.1 Å². The van der Waals surface area contributed by atoms with Gasteiger partial charge in [-0.1, -0.05) is 12.1 Å². The van der Waals surface area contributed by atoms with E-state index in [1.165, 1.54) is 0 Å². The third-order valence-electron chi connectivity index (χ3n) is 4.11. The van der Waals surface area contributed by atoms with Crippen LogP contribution >= 0.6 is 0 Å². The van der Waals surface area contributed by atoms with Crippen molar-refractivity contribution < 1.29 is 19.0 Å². The first-order chi connectivity index (χ1) is 13.0. The highest BCUT2D eigenvalue weighted by Gasteiger charge is 2.09. The van der Waals surface area contributed by atoms with Gasteiger partial charge in [-0.25, -0.2) is 5.43 Å². The Labute approximate surface area is 160 Å². The number of hydrogen-bond donors (Lipinski definition) is 1. The standard InChI is InChI=1S/C21H26N2O4/c1-6-26-18-10-9-17(11-19(18)25-5)12-22-23-20(24)13-27-21-15(3)8-7-14(2)16(21)4/h7-12H,6,13H2,1-5H3,(H,23,24)/b22-12-. The summed E-state index contributed by atoms with van der Waals surface area (Å²) in [5, 5.41) is 3.97. The second kappa shape index (κ2) is 9.62. The first-order valence-electron chi connectivity index (χ1n) is 8.78. The van der Waals surface area contributed by atoms with Gasteiger partial charge in [0, 0.05) is 0 Å². The largest absolute Gasteiger partial charge is 0.493 e. The van der Waals surface area contributed by atoms with Gasteiger partial charge in [0.2, 0.25) is 0 Å². The maximum Gasteiger partial charge on any atom is 0.277 e. The number of benzene rings is 2. The molecule has 0 fully saturated rings. The van der Waals surface area contributed by atoms with E-state index in [0.29, 0.717) is 18.1 Å². The lowest BCUT2D eigenvalue weighted by atomic mass is 10.1. The molecule has 0 spiro atoms. The fraction of sp³-hybridized carbons (Fsp3) is 0.333. The first-order valence-corrected chi connectivity index (χ1v) is 8.78. The molecule has 2 aromatic carbocycles. The Morgan fingerprint density at radius 3 is 2.52 bits per heavy atom. The smallest absolute Gasteiger partial charge is 0.277 e. The SMILES string of the molecule is CCOc1ccc(/C=N\NC(=O)COc2c(C)ccc(C)c2C)cc1OC. The second-order valence-corrected chi connectivity index (χ2v) is 6.08. The van der Waals surface area contributed by atoms with E-state index in [1.807, 2.05) is 45.9 Å². The van der Waals surface area contributed by atoms with Crippen molar-refractivity contribution in [3.8, 4) is 17.2 Å². The molecule has 144 valence electrons. The Hall–Kier alpha value is -3.02. The Morgan fingerprint density at radius 2 is 1.81 bits per heavy atom. The molecule has 6 heteroatoms. The Balaban J connectivity index is 1.93. The number of rotatable bonds is 8. The minimum Gasteiger partial charge on any atom is -0.493 e. The lowest BCUT2D eigenvalue weighted by Gasteiger charge is -2.13. The first kappa shape index (κ1) is 20.3. The van der Waals surface area contributed by atoms with Gasteiger partial charge < -0.3 is 14.2 Å². The van der Waals surface area contributed by atoms with E-state index >= 15 is 0 Å². The Morgan fingerprint density at radius 1 is 1.07 bits per heavy atom. The third-order valence-corrected chi connectivity index (χ3v) is 4.11. The van der Waals surface area contributed by atoms with Gasteiger partial charge in [-0.05, 0) is 68.1 Å². The van der Waals surface area contributed by atoms with Crippen LogP contribution in [0.2, 0.25) is 0 Å². The van der Waals surface area contributed by atoms with E-state index < -0.39 is 0 Å². The van der Waals surface area contributed by atoms with Crippen LogP contribution in [0.25, 0.3) is 0 Å². The Kier molecular flexibility index (Phi) is 7.23. The molecule has 0 saturated heterocycles. The highest BCUT2D eigenvalue weighted by atomic mass is 16.5. The van der Waals surface area contributed by atoms with Crippen LogP contribution in [-0.2, 0) is 4.79 Å². The molecular formula is C21H26N2O4. The lowest BCUT2D eigenvalue weighted by Crippen LogP contribution is -2.25. The molecule has 0 unspecified atom stereocenters. The molecule has 1 N–H and O–H groups in total. The maximum atomic E-state index is 12.0. The maximum absolute atomic E-state index is 12.0. The summed E-state index contributed by atoms with van der Waals surface area (Å²) in [5.74, 6) is 1.69. The summed E-state index contributed by atoms with van der Waals surface area (Å²) >= 11 is 0. The van der Waals surface area contributed by atoms with Gasteiger partial charge >= 0.3 is 0 Å². The van der Waals surface area contributed by atoms with E-state index in [9.17, 15) is 4.79 Å². The van der Waals surface area contributed by atoms with Crippen molar-refractivity contribution in [3.05, 3.63) is 52.6 Å². The number of carbonyl (C=O) groups excluding carboxylic acids is 1. The molecule has 2 aromatic rings. The summed E-state index contributed by atoms with van der Waals surface area (Å²) in [5.41, 5.74) is 6.40. The third kappa shape index (κ3) is 5.48. The fourth-order valence-electron chi connectivity index (χ4n) is 2.54. The van der Waals surface area contributed by atoms with E-state index in [-0.39, 0.29) is 12.5 Å². The number of nitrogens with one attached hydrogen (secondary N) is 1. The molecule has 0 aromatic heterocycles. The molecule has 0 aliphatic rings. The average Bonchev–Trinajstić information content (AvgIpc) is 2.66. The van der Waals surface area contributed by atoms with Crippen LogP contribution in [0.4, 0.5) is 0 Å². The predicted molar refractivity (Wildman–Crippen MR) is 106 cm³/mol. The van der Waals surface area contributed by atoms with Gasteiger partial charge in [-0.2, -0.15) is 5.10 Å². The summed E-state index contributed by atoms with van der Waals surface area (Å²) in [4.78, 5) is 12.0. The molecule has 0 atom stereocenters. The van der Waals surface area contributed by atoms with Gasteiger partial charge in [0.25, 0.3) is 5.91 Å². The molecule has 2 rings (SSSR count). The van der Waals surface area contributed by atoms with E-state index in [1.54, 1.807) is 25.5 Å². The molecule has 0 radical (unpaired) electrons. The zero-order valence-corrected chi connectivity index (χ0v) is 16.5. The molecule has 0 saturated carbocycles. The van der Waals surface area contributed by atoms with Gasteiger partial charge in [0.05, 0.1) is 19.9 Å². The minimum absolute atomic E-state index is 0.102. The van der Waals surface area contributed by atoms with Crippen LogP contribution in [-0.4, -0.2) is 32.4 Å². The topological polar surface area (TPSA) is 69.2 Å². The van der Waals surface area contributed by atoms with Gasteiger partial charge in [-0.15, -0.1) is 0 Å². The predicted octanol–water partition coefficient (Wildman–Crippen LogP) is 3.55. The van der Waals surface area contributed by atoms with Crippen molar-refractivity contribution in [1.82, 2.24) is 5.43 Å².